The Morgan fingerprint density at radius 2 is 2.00 bits per heavy atom. The summed E-state index contributed by atoms with van der Waals surface area (Å²) in [5.41, 5.74) is 1.01. The van der Waals surface area contributed by atoms with Crippen LogP contribution in [0.5, 0.6) is 0 Å². The summed E-state index contributed by atoms with van der Waals surface area (Å²) in [5, 5.41) is 12.3. The topological polar surface area (TPSA) is 68.3 Å². The molecule has 0 aromatic heterocycles. The molecule has 3 rings (SSSR count). The predicted molar refractivity (Wildman–Crippen MR) is 112 cm³/mol. The minimum absolute atomic E-state index is 0.227. The molecule has 162 valence electrons. The number of ether oxygens (including phenoxy) is 1. The number of β-amino-alcohol motifs (C(OH)–C–C–N with tert-alkyl or cyclic N) is 1. The first kappa shape index (κ1) is 21.8. The van der Waals surface area contributed by atoms with Crippen molar-refractivity contribution in [3.63, 3.8) is 0 Å². The second kappa shape index (κ2) is 10.2. The summed E-state index contributed by atoms with van der Waals surface area (Å²) in [7, 11) is 1.77. The number of urea groups is 1. The lowest BCUT2D eigenvalue weighted by molar-refractivity contribution is 0.0951. The number of aliphatic hydroxyl groups excluding tert-OH is 1. The third-order valence-corrected chi connectivity index (χ3v) is 5.66. The quantitative estimate of drug-likeness (QED) is 0.756. The average molecular weight is 409 g/mol. The fraction of sp³-hybridized carbons (Fsp3) is 0.667. The Morgan fingerprint density at radius 3 is 2.62 bits per heavy atom. The first-order valence-corrected chi connectivity index (χ1v) is 10.5. The molecule has 0 spiro atoms. The summed E-state index contributed by atoms with van der Waals surface area (Å²) in [6.45, 7) is 7.60. The van der Waals surface area contributed by atoms with E-state index in [0.29, 0.717) is 56.7 Å². The lowest BCUT2D eigenvalue weighted by Gasteiger charge is -2.34. The smallest absolute Gasteiger partial charge is 0.321 e. The number of likely N-dealkylation sites (tertiary alicyclic amines) is 1. The summed E-state index contributed by atoms with van der Waals surface area (Å²) in [5.74, 6) is 0.106. The van der Waals surface area contributed by atoms with Crippen LogP contribution in [0.25, 0.3) is 0 Å². The van der Waals surface area contributed by atoms with E-state index in [1.165, 1.54) is 6.07 Å². The van der Waals surface area contributed by atoms with Crippen LogP contribution in [-0.2, 0) is 4.74 Å². The zero-order valence-electron chi connectivity index (χ0n) is 17.4. The Hall–Kier alpha value is -1.90. The SMILES string of the molecule is CC(O)CN1CCC(CN(C)C(=O)Nc2ccc(N3CCOCC3)c(F)c2)CC1. The van der Waals surface area contributed by atoms with E-state index < -0.39 is 0 Å². The second-order valence-electron chi connectivity index (χ2n) is 8.17. The highest BCUT2D eigenvalue weighted by Crippen LogP contribution is 2.24. The molecular weight excluding hydrogens is 375 g/mol. The number of benzene rings is 1. The van der Waals surface area contributed by atoms with Gasteiger partial charge in [-0.1, -0.05) is 0 Å². The summed E-state index contributed by atoms with van der Waals surface area (Å²) >= 11 is 0. The van der Waals surface area contributed by atoms with Gasteiger partial charge < -0.3 is 29.9 Å². The van der Waals surface area contributed by atoms with Crippen LogP contribution in [0.4, 0.5) is 20.6 Å². The lowest BCUT2D eigenvalue weighted by Crippen LogP contribution is -2.42. The Kier molecular flexibility index (Phi) is 7.69. The van der Waals surface area contributed by atoms with Crippen molar-refractivity contribution >= 4 is 17.4 Å². The van der Waals surface area contributed by atoms with E-state index in [0.717, 1.165) is 25.9 Å². The van der Waals surface area contributed by atoms with Gasteiger partial charge in [-0.2, -0.15) is 0 Å². The van der Waals surface area contributed by atoms with Crippen LogP contribution in [0.2, 0.25) is 0 Å². The van der Waals surface area contributed by atoms with Gasteiger partial charge in [0.1, 0.15) is 5.82 Å². The minimum Gasteiger partial charge on any atom is -0.392 e. The molecule has 1 aromatic carbocycles. The van der Waals surface area contributed by atoms with Crippen molar-refractivity contribution in [1.82, 2.24) is 9.80 Å². The van der Waals surface area contributed by atoms with Gasteiger partial charge >= 0.3 is 6.03 Å². The van der Waals surface area contributed by atoms with E-state index in [1.807, 2.05) is 4.90 Å². The number of amides is 2. The van der Waals surface area contributed by atoms with Gasteiger partial charge in [0.05, 0.1) is 25.0 Å². The highest BCUT2D eigenvalue weighted by Gasteiger charge is 2.23. The Morgan fingerprint density at radius 1 is 1.31 bits per heavy atom. The fourth-order valence-corrected chi connectivity index (χ4v) is 4.06. The van der Waals surface area contributed by atoms with E-state index in [9.17, 15) is 14.3 Å². The number of carbonyl (C=O) groups excluding carboxylic acids is 1. The molecule has 1 atom stereocenters. The molecule has 8 heteroatoms. The first-order valence-electron chi connectivity index (χ1n) is 10.5. The van der Waals surface area contributed by atoms with Crippen LogP contribution >= 0.6 is 0 Å². The van der Waals surface area contributed by atoms with Crippen LogP contribution in [0, 0.1) is 11.7 Å². The van der Waals surface area contributed by atoms with Crippen molar-refractivity contribution in [3.8, 4) is 0 Å². The van der Waals surface area contributed by atoms with Crippen molar-refractivity contribution in [3.05, 3.63) is 24.0 Å². The monoisotopic (exact) mass is 408 g/mol. The highest BCUT2D eigenvalue weighted by molar-refractivity contribution is 5.89. The minimum atomic E-state index is -0.335. The van der Waals surface area contributed by atoms with Crippen LogP contribution in [0.15, 0.2) is 18.2 Å². The molecule has 0 aliphatic carbocycles. The van der Waals surface area contributed by atoms with Crippen molar-refractivity contribution in [2.75, 3.05) is 69.7 Å². The van der Waals surface area contributed by atoms with Gasteiger partial charge in [0.15, 0.2) is 0 Å². The van der Waals surface area contributed by atoms with Gasteiger partial charge in [-0.05, 0) is 57.0 Å². The Balaban J connectivity index is 1.47. The number of rotatable bonds is 6. The Labute approximate surface area is 172 Å². The molecule has 2 heterocycles. The maximum absolute atomic E-state index is 14.5. The summed E-state index contributed by atoms with van der Waals surface area (Å²) in [6.07, 6.45) is 1.70. The average Bonchev–Trinajstić information content (AvgIpc) is 2.70. The lowest BCUT2D eigenvalue weighted by atomic mass is 9.96. The van der Waals surface area contributed by atoms with E-state index in [2.05, 4.69) is 10.2 Å². The number of hydrogen-bond acceptors (Lipinski definition) is 5. The van der Waals surface area contributed by atoms with Crippen LogP contribution in [0.3, 0.4) is 0 Å². The van der Waals surface area contributed by atoms with E-state index >= 15 is 0 Å². The Bertz CT molecular complexity index is 674. The molecule has 1 aromatic rings. The first-order chi connectivity index (χ1) is 13.9. The molecule has 2 N–H and O–H groups in total. The number of aliphatic hydroxyl groups is 1. The fourth-order valence-electron chi connectivity index (χ4n) is 4.06. The number of nitrogens with one attached hydrogen (secondary N) is 1. The van der Waals surface area contributed by atoms with Crippen molar-refractivity contribution in [2.24, 2.45) is 5.92 Å². The number of hydrogen-bond donors (Lipinski definition) is 2. The van der Waals surface area contributed by atoms with Gasteiger partial charge in [0, 0.05) is 38.9 Å². The highest BCUT2D eigenvalue weighted by atomic mass is 19.1. The van der Waals surface area contributed by atoms with Crippen molar-refractivity contribution in [2.45, 2.75) is 25.9 Å². The molecule has 2 saturated heterocycles. The molecule has 7 nitrogen and oxygen atoms in total. The third kappa shape index (κ3) is 6.29. The van der Waals surface area contributed by atoms with Crippen LogP contribution in [-0.4, -0.2) is 86.6 Å². The van der Waals surface area contributed by atoms with Gasteiger partial charge in [-0.15, -0.1) is 0 Å². The maximum atomic E-state index is 14.5. The number of piperidine rings is 1. The maximum Gasteiger partial charge on any atom is 0.321 e. The third-order valence-electron chi connectivity index (χ3n) is 5.66. The summed E-state index contributed by atoms with van der Waals surface area (Å²) in [4.78, 5) is 18.4. The summed E-state index contributed by atoms with van der Waals surface area (Å²) in [6, 6.07) is 4.61. The largest absolute Gasteiger partial charge is 0.392 e. The molecule has 2 aliphatic rings. The molecular formula is C21H33FN4O3. The van der Waals surface area contributed by atoms with Crippen molar-refractivity contribution in [1.29, 1.82) is 0 Å². The number of halogens is 1. The molecule has 2 aliphatic heterocycles. The number of carbonyl (C=O) groups is 1. The number of morpholine rings is 1. The van der Waals surface area contributed by atoms with Crippen molar-refractivity contribution < 1.29 is 19.0 Å². The molecule has 29 heavy (non-hydrogen) atoms. The normalized spacial score (nSPS) is 19.8. The molecule has 0 bridgehead atoms. The zero-order valence-corrected chi connectivity index (χ0v) is 17.4. The molecule has 1 unspecified atom stereocenters. The standard InChI is InChI=1S/C21H33FN4O3/c1-16(27)14-25-7-5-17(6-8-25)15-24(2)21(28)23-18-3-4-20(19(22)13-18)26-9-11-29-12-10-26/h3-4,13,16-17,27H,5-12,14-15H2,1-2H3,(H,23,28). The number of nitrogens with zero attached hydrogens (tertiary/aromatic N) is 3. The molecule has 0 saturated carbocycles. The molecule has 2 fully saturated rings. The van der Waals surface area contributed by atoms with Crippen LogP contribution in [0.1, 0.15) is 19.8 Å². The van der Waals surface area contributed by atoms with Gasteiger partial charge in [-0.25, -0.2) is 9.18 Å². The molecule has 2 amide bonds. The van der Waals surface area contributed by atoms with Gasteiger partial charge in [0.25, 0.3) is 0 Å². The van der Waals surface area contributed by atoms with E-state index in [-0.39, 0.29) is 18.0 Å². The van der Waals surface area contributed by atoms with Crippen LogP contribution < -0.4 is 10.2 Å². The van der Waals surface area contributed by atoms with E-state index in [4.69, 9.17) is 4.74 Å². The zero-order chi connectivity index (χ0) is 20.8. The van der Waals surface area contributed by atoms with Gasteiger partial charge in [0.2, 0.25) is 0 Å². The number of anilines is 2. The predicted octanol–water partition coefficient (Wildman–Crippen LogP) is 2.22. The van der Waals surface area contributed by atoms with E-state index in [1.54, 1.807) is 31.0 Å². The van der Waals surface area contributed by atoms with Gasteiger partial charge in [-0.3, -0.25) is 0 Å². The summed E-state index contributed by atoms with van der Waals surface area (Å²) < 4.78 is 19.8. The molecule has 0 radical (unpaired) electrons. The second-order valence-corrected chi connectivity index (χ2v) is 8.17.